The highest BCUT2D eigenvalue weighted by Gasteiger charge is 2.17. The number of benzene rings is 1. The molecule has 26 heavy (non-hydrogen) atoms. The second-order valence-electron chi connectivity index (χ2n) is 5.69. The van der Waals surface area contributed by atoms with Gasteiger partial charge in [0, 0.05) is 19.3 Å². The minimum Gasteiger partial charge on any atom is -0.468 e. The van der Waals surface area contributed by atoms with Gasteiger partial charge in [-0.1, -0.05) is 0 Å². The van der Waals surface area contributed by atoms with Gasteiger partial charge in [0.1, 0.15) is 11.5 Å². The van der Waals surface area contributed by atoms with Crippen molar-refractivity contribution in [3.8, 4) is 5.75 Å². The maximum absolute atomic E-state index is 13.6. The van der Waals surface area contributed by atoms with E-state index in [1.807, 2.05) is 0 Å². The Morgan fingerprint density at radius 2 is 2.04 bits per heavy atom. The number of hydrogen-bond acceptors (Lipinski definition) is 4. The van der Waals surface area contributed by atoms with Crippen molar-refractivity contribution in [2.75, 3.05) is 5.32 Å². The van der Waals surface area contributed by atoms with Gasteiger partial charge in [-0.05, 0) is 32.0 Å². The van der Waals surface area contributed by atoms with Gasteiger partial charge in [-0.25, -0.2) is 13.5 Å². The van der Waals surface area contributed by atoms with E-state index in [2.05, 4.69) is 15.5 Å². The van der Waals surface area contributed by atoms with Crippen LogP contribution in [0.25, 0.3) is 0 Å². The van der Waals surface area contributed by atoms with Gasteiger partial charge < -0.3 is 10.1 Å². The number of aromatic nitrogens is 4. The summed E-state index contributed by atoms with van der Waals surface area (Å²) < 4.78 is 34.9. The van der Waals surface area contributed by atoms with E-state index in [-0.39, 0.29) is 18.4 Å². The largest absolute Gasteiger partial charge is 0.468 e. The summed E-state index contributed by atoms with van der Waals surface area (Å²) >= 11 is 0. The molecule has 2 heterocycles. The second-order valence-corrected chi connectivity index (χ2v) is 5.69. The highest BCUT2D eigenvalue weighted by atomic mass is 19.1. The quantitative estimate of drug-likeness (QED) is 0.758. The molecule has 0 atom stereocenters. The lowest BCUT2D eigenvalue weighted by molar-refractivity contribution is 0.101. The Balaban J connectivity index is 1.75. The molecule has 0 aliphatic heterocycles. The molecule has 1 N–H and O–H groups in total. The van der Waals surface area contributed by atoms with E-state index in [0.29, 0.717) is 22.8 Å². The van der Waals surface area contributed by atoms with E-state index in [0.717, 1.165) is 12.1 Å². The van der Waals surface area contributed by atoms with Crippen molar-refractivity contribution < 1.29 is 18.3 Å². The van der Waals surface area contributed by atoms with E-state index < -0.39 is 11.6 Å². The Kier molecular flexibility index (Phi) is 4.70. The Labute approximate surface area is 148 Å². The van der Waals surface area contributed by atoms with Gasteiger partial charge in [-0.3, -0.25) is 9.48 Å². The van der Waals surface area contributed by atoms with E-state index in [1.54, 1.807) is 27.0 Å². The average molecular weight is 361 g/mol. The number of nitrogens with zero attached hydrogens (tertiary/aromatic N) is 4. The third kappa shape index (κ3) is 3.41. The van der Waals surface area contributed by atoms with Crippen LogP contribution >= 0.6 is 0 Å². The van der Waals surface area contributed by atoms with Crippen LogP contribution in [0.3, 0.4) is 0 Å². The highest BCUT2D eigenvalue weighted by Crippen LogP contribution is 2.22. The van der Waals surface area contributed by atoms with E-state index in [1.165, 1.54) is 21.6 Å². The summed E-state index contributed by atoms with van der Waals surface area (Å²) in [6, 6.07) is 4.67. The fourth-order valence-corrected chi connectivity index (χ4v) is 2.50. The first-order valence-corrected chi connectivity index (χ1v) is 7.78. The van der Waals surface area contributed by atoms with E-state index in [9.17, 15) is 13.6 Å². The Hall–Kier alpha value is -3.23. The average Bonchev–Trinajstić information content (AvgIpc) is 3.12. The third-order valence-electron chi connectivity index (χ3n) is 3.91. The van der Waals surface area contributed by atoms with Crippen LogP contribution in [0.2, 0.25) is 0 Å². The molecule has 3 aromatic rings. The second kappa shape index (κ2) is 6.95. The zero-order valence-corrected chi connectivity index (χ0v) is 14.5. The van der Waals surface area contributed by atoms with Gasteiger partial charge >= 0.3 is 0 Å². The molecule has 1 amide bonds. The zero-order chi connectivity index (χ0) is 18.8. The molecule has 0 aliphatic carbocycles. The molecule has 0 radical (unpaired) electrons. The first-order chi connectivity index (χ1) is 12.4. The van der Waals surface area contributed by atoms with Gasteiger partial charge in [0.25, 0.3) is 5.91 Å². The van der Waals surface area contributed by atoms with Crippen LogP contribution in [-0.2, 0) is 13.8 Å². The molecule has 9 heteroatoms. The van der Waals surface area contributed by atoms with Gasteiger partial charge in [0.15, 0.2) is 18.3 Å². The number of carbonyl (C=O) groups is 1. The van der Waals surface area contributed by atoms with Gasteiger partial charge in [-0.2, -0.15) is 10.2 Å². The zero-order valence-electron chi connectivity index (χ0n) is 14.5. The Morgan fingerprint density at radius 1 is 1.27 bits per heavy atom. The Bertz CT molecular complexity index is 964. The summed E-state index contributed by atoms with van der Waals surface area (Å²) in [5.41, 5.74) is 2.17. The molecule has 0 spiro atoms. The van der Waals surface area contributed by atoms with Crippen molar-refractivity contribution in [3.63, 3.8) is 0 Å². The molecule has 1 aromatic carbocycles. The number of amides is 1. The molecule has 7 nitrogen and oxygen atoms in total. The predicted molar refractivity (Wildman–Crippen MR) is 89.8 cm³/mol. The molecule has 2 aromatic heterocycles. The molecule has 0 saturated carbocycles. The lowest BCUT2D eigenvalue weighted by atomic mass is 10.3. The minimum absolute atomic E-state index is 0.0839. The monoisotopic (exact) mass is 361 g/mol. The fourth-order valence-electron chi connectivity index (χ4n) is 2.50. The summed E-state index contributed by atoms with van der Waals surface area (Å²) in [6.07, 6.45) is 1.53. The lowest BCUT2D eigenvalue weighted by Gasteiger charge is -2.09. The number of aryl methyl sites for hydroxylation is 2. The first-order valence-electron chi connectivity index (χ1n) is 7.78. The molecule has 3 rings (SSSR count). The molecular formula is C17H17F2N5O2. The van der Waals surface area contributed by atoms with Crippen LogP contribution in [0.15, 0.2) is 30.5 Å². The van der Waals surface area contributed by atoms with Crippen LogP contribution in [0, 0.1) is 25.5 Å². The molecule has 0 saturated heterocycles. The number of anilines is 1. The maximum Gasteiger partial charge on any atom is 0.274 e. The first kappa shape index (κ1) is 17.6. The summed E-state index contributed by atoms with van der Waals surface area (Å²) in [4.78, 5) is 12.3. The van der Waals surface area contributed by atoms with E-state index >= 15 is 0 Å². The number of carbonyl (C=O) groups excluding carboxylic acids is 1. The number of rotatable bonds is 5. The van der Waals surface area contributed by atoms with Gasteiger partial charge in [0.2, 0.25) is 0 Å². The SMILES string of the molecule is Cc1nn(COc2ccc(F)cc2F)c(C)c1NC(=O)c1ccnn1C. The van der Waals surface area contributed by atoms with Crippen LogP contribution < -0.4 is 10.1 Å². The number of hydrogen-bond donors (Lipinski definition) is 1. The normalized spacial score (nSPS) is 10.8. The third-order valence-corrected chi connectivity index (χ3v) is 3.91. The van der Waals surface area contributed by atoms with E-state index in [4.69, 9.17) is 4.74 Å². The van der Waals surface area contributed by atoms with Crippen molar-refractivity contribution in [3.05, 3.63) is 59.2 Å². The predicted octanol–water partition coefficient (Wildman–Crippen LogP) is 2.80. The topological polar surface area (TPSA) is 74.0 Å². The number of nitrogens with one attached hydrogen (secondary N) is 1. The van der Waals surface area contributed by atoms with Crippen molar-refractivity contribution >= 4 is 11.6 Å². The summed E-state index contributed by atoms with van der Waals surface area (Å²) in [5.74, 6) is -1.88. The van der Waals surface area contributed by atoms with Gasteiger partial charge in [-0.15, -0.1) is 0 Å². The summed E-state index contributed by atoms with van der Waals surface area (Å²) in [7, 11) is 1.67. The molecular weight excluding hydrogens is 344 g/mol. The van der Waals surface area contributed by atoms with Crippen LogP contribution in [0.1, 0.15) is 21.9 Å². The molecule has 136 valence electrons. The van der Waals surface area contributed by atoms with Gasteiger partial charge in [0.05, 0.1) is 17.1 Å². The van der Waals surface area contributed by atoms with Crippen LogP contribution in [-0.4, -0.2) is 25.5 Å². The summed E-state index contributed by atoms with van der Waals surface area (Å²) in [5, 5.41) is 11.0. The number of halogens is 2. The summed E-state index contributed by atoms with van der Waals surface area (Å²) in [6.45, 7) is 3.40. The molecule has 0 fully saturated rings. The van der Waals surface area contributed by atoms with Crippen molar-refractivity contribution in [2.45, 2.75) is 20.6 Å². The van der Waals surface area contributed by atoms with Crippen LogP contribution in [0.5, 0.6) is 5.75 Å². The number of ether oxygens (including phenoxy) is 1. The van der Waals surface area contributed by atoms with Crippen molar-refractivity contribution in [1.82, 2.24) is 19.6 Å². The smallest absolute Gasteiger partial charge is 0.274 e. The minimum atomic E-state index is -0.795. The lowest BCUT2D eigenvalue weighted by Crippen LogP contribution is -2.17. The standard InChI is InChI=1S/C17H17F2N5O2/c1-10-16(21-17(25)14-6-7-20-23(14)3)11(2)24(22-10)9-26-15-5-4-12(18)8-13(15)19/h4-8H,9H2,1-3H3,(H,21,25). The fraction of sp³-hybridized carbons (Fsp3) is 0.235. The van der Waals surface area contributed by atoms with Crippen molar-refractivity contribution in [2.24, 2.45) is 7.05 Å². The van der Waals surface area contributed by atoms with Crippen LogP contribution in [0.4, 0.5) is 14.5 Å². The molecule has 0 unspecified atom stereocenters. The van der Waals surface area contributed by atoms with Crippen molar-refractivity contribution in [1.29, 1.82) is 0 Å². The molecule has 0 bridgehead atoms. The Morgan fingerprint density at radius 3 is 2.69 bits per heavy atom. The maximum atomic E-state index is 13.6. The molecule has 0 aliphatic rings. The highest BCUT2D eigenvalue weighted by molar-refractivity contribution is 6.03.